The lowest BCUT2D eigenvalue weighted by Gasteiger charge is -2.31. The Morgan fingerprint density at radius 1 is 1.37 bits per heavy atom. The standard InChI is InChI=1S/C12H23N3O3S/c1-2-10-7-11(10)14-12(16)15-5-3-9(4-6-15)8-19(13,17)18/h9-11H,2-8H2,1H3,(H,14,16)(H2,13,17,18)/t10-,11-/m1/s1. The number of hydrogen-bond acceptors (Lipinski definition) is 3. The fourth-order valence-electron chi connectivity index (χ4n) is 2.76. The molecule has 0 aromatic carbocycles. The van der Waals surface area contributed by atoms with E-state index in [0.29, 0.717) is 37.9 Å². The second-order valence-corrected chi connectivity index (χ2v) is 7.38. The number of rotatable bonds is 4. The average Bonchev–Trinajstić information content (AvgIpc) is 3.06. The van der Waals surface area contributed by atoms with Crippen molar-refractivity contribution >= 4 is 16.1 Å². The minimum absolute atomic E-state index is 0.00462. The number of primary sulfonamides is 1. The highest BCUT2D eigenvalue weighted by Gasteiger charge is 2.37. The zero-order valence-electron chi connectivity index (χ0n) is 11.3. The second kappa shape index (κ2) is 5.66. The van der Waals surface area contributed by atoms with Crippen molar-refractivity contribution < 1.29 is 13.2 Å². The number of carbonyl (C=O) groups excluding carboxylic acids is 1. The SMILES string of the molecule is CC[C@@H]1C[C@H]1NC(=O)N1CCC(CS(N)(=O)=O)CC1. The van der Waals surface area contributed by atoms with Gasteiger partial charge in [0.25, 0.3) is 0 Å². The zero-order valence-corrected chi connectivity index (χ0v) is 12.2. The van der Waals surface area contributed by atoms with Crippen molar-refractivity contribution in [3.8, 4) is 0 Å². The van der Waals surface area contributed by atoms with Crippen LogP contribution in [0.5, 0.6) is 0 Å². The third kappa shape index (κ3) is 4.35. The van der Waals surface area contributed by atoms with Gasteiger partial charge in [-0.05, 0) is 31.1 Å². The third-order valence-corrected chi connectivity index (χ3v) is 5.06. The van der Waals surface area contributed by atoms with Crippen molar-refractivity contribution in [2.75, 3.05) is 18.8 Å². The molecule has 6 nitrogen and oxygen atoms in total. The summed E-state index contributed by atoms with van der Waals surface area (Å²) in [6.07, 6.45) is 3.63. The number of piperidine rings is 1. The summed E-state index contributed by atoms with van der Waals surface area (Å²) < 4.78 is 22.0. The van der Waals surface area contributed by atoms with Crippen LogP contribution in [-0.2, 0) is 10.0 Å². The Balaban J connectivity index is 1.72. The normalized spacial score (nSPS) is 28.2. The lowest BCUT2D eigenvalue weighted by Crippen LogP contribution is -2.46. The Morgan fingerprint density at radius 2 is 2.00 bits per heavy atom. The molecule has 19 heavy (non-hydrogen) atoms. The molecule has 0 aromatic heterocycles. The molecule has 0 unspecified atom stereocenters. The summed E-state index contributed by atoms with van der Waals surface area (Å²) >= 11 is 0. The van der Waals surface area contributed by atoms with Crippen molar-refractivity contribution in [2.45, 2.75) is 38.6 Å². The number of urea groups is 1. The molecule has 7 heteroatoms. The number of hydrogen-bond donors (Lipinski definition) is 2. The number of carbonyl (C=O) groups is 1. The number of nitrogens with one attached hydrogen (secondary N) is 1. The maximum absolute atomic E-state index is 12.0. The Hall–Kier alpha value is -0.820. The maximum Gasteiger partial charge on any atom is 0.317 e. The number of nitrogens with zero attached hydrogens (tertiary/aromatic N) is 1. The molecule has 110 valence electrons. The van der Waals surface area contributed by atoms with Crippen molar-refractivity contribution in [2.24, 2.45) is 17.0 Å². The predicted octanol–water partition coefficient (Wildman–Crippen LogP) is 0.495. The smallest absolute Gasteiger partial charge is 0.317 e. The fourth-order valence-corrected chi connectivity index (χ4v) is 3.75. The Labute approximate surface area is 114 Å². The lowest BCUT2D eigenvalue weighted by atomic mass is 9.99. The van der Waals surface area contributed by atoms with Crippen LogP contribution < -0.4 is 10.5 Å². The summed E-state index contributed by atoms with van der Waals surface area (Å²) in [4.78, 5) is 13.8. The molecule has 0 aromatic rings. The molecule has 0 radical (unpaired) electrons. The monoisotopic (exact) mass is 289 g/mol. The zero-order chi connectivity index (χ0) is 14.0. The van der Waals surface area contributed by atoms with Gasteiger partial charge < -0.3 is 10.2 Å². The third-order valence-electron chi connectivity index (χ3n) is 4.13. The summed E-state index contributed by atoms with van der Waals surface area (Å²) in [5.74, 6) is 0.760. The summed E-state index contributed by atoms with van der Waals surface area (Å²) in [7, 11) is -3.40. The van der Waals surface area contributed by atoms with Gasteiger partial charge in [-0.2, -0.15) is 0 Å². The van der Waals surface area contributed by atoms with Gasteiger partial charge in [-0.1, -0.05) is 13.3 Å². The van der Waals surface area contributed by atoms with Gasteiger partial charge in [0.2, 0.25) is 10.0 Å². The highest BCUT2D eigenvalue weighted by molar-refractivity contribution is 7.89. The van der Waals surface area contributed by atoms with E-state index < -0.39 is 10.0 Å². The lowest BCUT2D eigenvalue weighted by molar-refractivity contribution is 0.173. The molecule has 2 atom stereocenters. The first-order chi connectivity index (χ1) is 8.89. The van der Waals surface area contributed by atoms with E-state index in [1.54, 1.807) is 4.90 Å². The molecule has 2 rings (SSSR count). The van der Waals surface area contributed by atoms with Crippen LogP contribution >= 0.6 is 0 Å². The largest absolute Gasteiger partial charge is 0.335 e. The first kappa shape index (κ1) is 14.6. The quantitative estimate of drug-likeness (QED) is 0.789. The number of amides is 2. The van der Waals surface area contributed by atoms with E-state index in [9.17, 15) is 13.2 Å². The number of nitrogens with two attached hydrogens (primary N) is 1. The summed E-state index contributed by atoms with van der Waals surface area (Å²) in [6, 6.07) is 0.342. The second-order valence-electron chi connectivity index (χ2n) is 5.72. The van der Waals surface area contributed by atoms with Gasteiger partial charge in [-0.15, -0.1) is 0 Å². The highest BCUT2D eigenvalue weighted by Crippen LogP contribution is 2.33. The topological polar surface area (TPSA) is 92.5 Å². The fraction of sp³-hybridized carbons (Fsp3) is 0.917. The first-order valence-electron chi connectivity index (χ1n) is 6.95. The molecule has 2 amide bonds. The number of sulfonamides is 1. The molecule has 2 aliphatic rings. The average molecular weight is 289 g/mol. The van der Waals surface area contributed by atoms with Crippen LogP contribution in [-0.4, -0.2) is 44.2 Å². The summed E-state index contributed by atoms with van der Waals surface area (Å²) in [5.41, 5.74) is 0. The van der Waals surface area contributed by atoms with E-state index >= 15 is 0 Å². The Bertz CT molecular complexity index is 430. The maximum atomic E-state index is 12.0. The molecule has 2 fully saturated rings. The van der Waals surface area contributed by atoms with E-state index in [1.807, 2.05) is 0 Å². The van der Waals surface area contributed by atoms with Crippen molar-refractivity contribution in [3.05, 3.63) is 0 Å². The van der Waals surface area contributed by atoms with Crippen molar-refractivity contribution in [3.63, 3.8) is 0 Å². The van der Waals surface area contributed by atoms with Gasteiger partial charge in [0, 0.05) is 19.1 Å². The molecule has 0 bridgehead atoms. The van der Waals surface area contributed by atoms with Gasteiger partial charge in [0.15, 0.2) is 0 Å². The highest BCUT2D eigenvalue weighted by atomic mass is 32.2. The van der Waals surface area contributed by atoms with Crippen molar-refractivity contribution in [1.29, 1.82) is 0 Å². The van der Waals surface area contributed by atoms with E-state index in [-0.39, 0.29) is 17.7 Å². The van der Waals surface area contributed by atoms with Crippen LogP contribution in [0.15, 0.2) is 0 Å². The van der Waals surface area contributed by atoms with E-state index in [0.717, 1.165) is 12.8 Å². The molecular weight excluding hydrogens is 266 g/mol. The summed E-state index contributed by atoms with van der Waals surface area (Å²) in [6.45, 7) is 3.38. The van der Waals surface area contributed by atoms with E-state index in [4.69, 9.17) is 5.14 Å². The first-order valence-corrected chi connectivity index (χ1v) is 8.66. The molecular formula is C12H23N3O3S. The van der Waals surface area contributed by atoms with Crippen LogP contribution in [0.3, 0.4) is 0 Å². The van der Waals surface area contributed by atoms with Gasteiger partial charge in [0.05, 0.1) is 5.75 Å². The number of likely N-dealkylation sites (tertiary alicyclic amines) is 1. The molecule has 0 spiro atoms. The van der Waals surface area contributed by atoms with Gasteiger partial charge in [-0.3, -0.25) is 0 Å². The van der Waals surface area contributed by atoms with E-state index in [2.05, 4.69) is 12.2 Å². The van der Waals surface area contributed by atoms with Crippen LogP contribution in [0.4, 0.5) is 4.79 Å². The minimum Gasteiger partial charge on any atom is -0.335 e. The molecule has 1 aliphatic heterocycles. The molecule has 1 saturated carbocycles. The van der Waals surface area contributed by atoms with E-state index in [1.165, 1.54) is 0 Å². The van der Waals surface area contributed by atoms with Gasteiger partial charge in [-0.25, -0.2) is 18.4 Å². The summed E-state index contributed by atoms with van der Waals surface area (Å²) in [5, 5.41) is 8.08. The Morgan fingerprint density at radius 3 is 2.47 bits per heavy atom. The van der Waals surface area contributed by atoms with Crippen LogP contribution in [0.2, 0.25) is 0 Å². The molecule has 1 saturated heterocycles. The molecule has 1 aliphatic carbocycles. The van der Waals surface area contributed by atoms with Gasteiger partial charge >= 0.3 is 6.03 Å². The molecule has 3 N–H and O–H groups in total. The predicted molar refractivity (Wildman–Crippen MR) is 73.0 cm³/mol. The van der Waals surface area contributed by atoms with Crippen molar-refractivity contribution in [1.82, 2.24) is 10.2 Å². The van der Waals surface area contributed by atoms with Crippen LogP contribution in [0.25, 0.3) is 0 Å². The van der Waals surface area contributed by atoms with Gasteiger partial charge in [0.1, 0.15) is 0 Å². The Kier molecular flexibility index (Phi) is 4.35. The molecule has 1 heterocycles. The van der Waals surface area contributed by atoms with Crippen LogP contribution in [0, 0.1) is 11.8 Å². The minimum atomic E-state index is -3.40. The van der Waals surface area contributed by atoms with Crippen LogP contribution in [0.1, 0.15) is 32.6 Å².